The monoisotopic (exact) mass is 181 g/mol. The Bertz CT molecular complexity index is 288. The van der Waals surface area contributed by atoms with Crippen molar-refractivity contribution in [1.82, 2.24) is 4.98 Å². The Morgan fingerprint density at radius 3 is 2.77 bits per heavy atom. The lowest BCUT2D eigenvalue weighted by Crippen LogP contribution is -2.17. The van der Waals surface area contributed by atoms with E-state index in [2.05, 4.69) is 11.9 Å². The molecular formula is C9H15N3O. The Morgan fingerprint density at radius 2 is 2.23 bits per heavy atom. The summed E-state index contributed by atoms with van der Waals surface area (Å²) in [5.41, 5.74) is 6.20. The molecule has 0 radical (unpaired) electrons. The van der Waals surface area contributed by atoms with E-state index >= 15 is 0 Å². The van der Waals surface area contributed by atoms with E-state index in [1.807, 2.05) is 18.0 Å². The van der Waals surface area contributed by atoms with Crippen LogP contribution in [-0.2, 0) is 0 Å². The Hall–Kier alpha value is -1.45. The number of nitrogens with two attached hydrogens (primary N) is 1. The molecule has 0 saturated heterocycles. The van der Waals surface area contributed by atoms with Crippen molar-refractivity contribution < 1.29 is 4.74 Å². The van der Waals surface area contributed by atoms with Crippen LogP contribution in [0.1, 0.15) is 6.92 Å². The van der Waals surface area contributed by atoms with Crippen LogP contribution in [0, 0.1) is 0 Å². The summed E-state index contributed by atoms with van der Waals surface area (Å²) < 4.78 is 5.02. The number of ether oxygens (including phenoxy) is 1. The third-order valence-electron chi connectivity index (χ3n) is 1.93. The highest BCUT2D eigenvalue weighted by atomic mass is 16.5. The number of nitrogens with zero attached hydrogens (tertiary/aromatic N) is 2. The number of hydrogen-bond donors (Lipinski definition) is 1. The fraction of sp³-hybridized carbons (Fsp3) is 0.444. The lowest BCUT2D eigenvalue weighted by molar-refractivity contribution is 0.400. The van der Waals surface area contributed by atoms with Crippen LogP contribution < -0.4 is 15.4 Å². The van der Waals surface area contributed by atoms with E-state index in [0.717, 1.165) is 12.4 Å². The SMILES string of the molecule is CCN(C)c1ccc(N)c(OC)n1. The first-order valence-corrected chi connectivity index (χ1v) is 4.20. The second-order valence-corrected chi connectivity index (χ2v) is 2.78. The van der Waals surface area contributed by atoms with Gasteiger partial charge in [-0.25, -0.2) is 0 Å². The van der Waals surface area contributed by atoms with E-state index < -0.39 is 0 Å². The van der Waals surface area contributed by atoms with Crippen LogP contribution >= 0.6 is 0 Å². The smallest absolute Gasteiger partial charge is 0.238 e. The molecule has 0 saturated carbocycles. The molecule has 0 fully saturated rings. The Kier molecular flexibility index (Phi) is 2.95. The zero-order valence-electron chi connectivity index (χ0n) is 8.24. The number of nitrogen functional groups attached to an aromatic ring is 1. The third-order valence-corrected chi connectivity index (χ3v) is 1.93. The van der Waals surface area contributed by atoms with Crippen LogP contribution in [-0.4, -0.2) is 25.7 Å². The lowest BCUT2D eigenvalue weighted by Gasteiger charge is -2.16. The second kappa shape index (κ2) is 3.98. The van der Waals surface area contributed by atoms with Gasteiger partial charge in [0, 0.05) is 13.6 Å². The normalized spacial score (nSPS) is 9.77. The molecule has 13 heavy (non-hydrogen) atoms. The number of rotatable bonds is 3. The first kappa shape index (κ1) is 9.64. The van der Waals surface area contributed by atoms with Crippen LogP contribution in [0.3, 0.4) is 0 Å². The first-order valence-electron chi connectivity index (χ1n) is 4.20. The van der Waals surface area contributed by atoms with Gasteiger partial charge in [0.25, 0.3) is 0 Å². The van der Waals surface area contributed by atoms with Gasteiger partial charge >= 0.3 is 0 Å². The van der Waals surface area contributed by atoms with Crippen molar-refractivity contribution in [3.8, 4) is 5.88 Å². The molecule has 0 amide bonds. The van der Waals surface area contributed by atoms with Crippen molar-refractivity contribution >= 4 is 11.5 Å². The molecule has 0 aliphatic rings. The topological polar surface area (TPSA) is 51.4 Å². The van der Waals surface area contributed by atoms with E-state index in [9.17, 15) is 0 Å². The van der Waals surface area contributed by atoms with Gasteiger partial charge in [-0.2, -0.15) is 4.98 Å². The fourth-order valence-corrected chi connectivity index (χ4v) is 0.980. The molecule has 72 valence electrons. The zero-order chi connectivity index (χ0) is 9.84. The van der Waals surface area contributed by atoms with Crippen molar-refractivity contribution in [2.24, 2.45) is 0 Å². The highest BCUT2D eigenvalue weighted by Crippen LogP contribution is 2.21. The van der Waals surface area contributed by atoms with Gasteiger partial charge in [0.2, 0.25) is 5.88 Å². The Labute approximate surface area is 78.3 Å². The molecule has 0 atom stereocenters. The number of pyridine rings is 1. The van der Waals surface area contributed by atoms with Crippen molar-refractivity contribution in [1.29, 1.82) is 0 Å². The molecule has 4 nitrogen and oxygen atoms in total. The molecule has 0 unspecified atom stereocenters. The highest BCUT2D eigenvalue weighted by Gasteiger charge is 2.04. The van der Waals surface area contributed by atoms with Gasteiger partial charge in [-0.15, -0.1) is 0 Å². The van der Waals surface area contributed by atoms with Crippen LogP contribution in [0.15, 0.2) is 12.1 Å². The summed E-state index contributed by atoms with van der Waals surface area (Å²) in [5.74, 6) is 1.35. The summed E-state index contributed by atoms with van der Waals surface area (Å²) in [6, 6.07) is 3.68. The third kappa shape index (κ3) is 2.02. The number of hydrogen-bond acceptors (Lipinski definition) is 4. The van der Waals surface area contributed by atoms with Crippen LogP contribution in [0.5, 0.6) is 5.88 Å². The maximum atomic E-state index is 5.64. The molecule has 2 N–H and O–H groups in total. The first-order chi connectivity index (χ1) is 6.19. The van der Waals surface area contributed by atoms with E-state index in [1.165, 1.54) is 0 Å². The molecule has 0 aliphatic heterocycles. The van der Waals surface area contributed by atoms with E-state index in [4.69, 9.17) is 10.5 Å². The predicted octanol–water partition coefficient (Wildman–Crippen LogP) is 1.13. The maximum Gasteiger partial charge on any atom is 0.238 e. The molecule has 4 heteroatoms. The minimum Gasteiger partial charge on any atom is -0.479 e. The molecule has 0 aromatic carbocycles. The second-order valence-electron chi connectivity index (χ2n) is 2.78. The van der Waals surface area contributed by atoms with Crippen molar-refractivity contribution in [3.63, 3.8) is 0 Å². The van der Waals surface area contributed by atoms with Crippen LogP contribution in [0.25, 0.3) is 0 Å². The van der Waals surface area contributed by atoms with E-state index in [0.29, 0.717) is 11.6 Å². The molecule has 1 aromatic rings. The molecule has 0 spiro atoms. The van der Waals surface area contributed by atoms with Crippen molar-refractivity contribution in [2.45, 2.75) is 6.92 Å². The van der Waals surface area contributed by atoms with Gasteiger partial charge in [0.05, 0.1) is 12.8 Å². The van der Waals surface area contributed by atoms with Gasteiger partial charge in [0.1, 0.15) is 5.82 Å². The fourth-order valence-electron chi connectivity index (χ4n) is 0.980. The summed E-state index contributed by atoms with van der Waals surface area (Å²) in [7, 11) is 3.53. The largest absolute Gasteiger partial charge is 0.479 e. The van der Waals surface area contributed by atoms with Gasteiger partial charge < -0.3 is 15.4 Å². The highest BCUT2D eigenvalue weighted by molar-refractivity contribution is 5.54. The number of methoxy groups -OCH3 is 1. The average molecular weight is 181 g/mol. The minimum atomic E-state index is 0.484. The molecule has 1 heterocycles. The van der Waals surface area contributed by atoms with Gasteiger partial charge in [-0.3, -0.25) is 0 Å². The summed E-state index contributed by atoms with van der Waals surface area (Å²) in [5, 5.41) is 0. The van der Waals surface area contributed by atoms with E-state index in [1.54, 1.807) is 13.2 Å². The maximum absolute atomic E-state index is 5.64. The standard InChI is InChI=1S/C9H15N3O/c1-4-12(2)8-6-5-7(10)9(11-8)13-3/h5-6H,4,10H2,1-3H3. The quantitative estimate of drug-likeness (QED) is 0.759. The summed E-state index contributed by atoms with van der Waals surface area (Å²) in [6.07, 6.45) is 0. The van der Waals surface area contributed by atoms with Gasteiger partial charge in [-0.05, 0) is 19.1 Å². The van der Waals surface area contributed by atoms with Gasteiger partial charge in [-0.1, -0.05) is 0 Å². The Morgan fingerprint density at radius 1 is 1.54 bits per heavy atom. The predicted molar refractivity (Wildman–Crippen MR) is 54.1 cm³/mol. The van der Waals surface area contributed by atoms with E-state index in [-0.39, 0.29) is 0 Å². The molecule has 0 aliphatic carbocycles. The summed E-state index contributed by atoms with van der Waals surface area (Å²) in [4.78, 5) is 6.26. The lowest BCUT2D eigenvalue weighted by atomic mass is 10.4. The molecular weight excluding hydrogens is 166 g/mol. The number of anilines is 2. The van der Waals surface area contributed by atoms with Crippen molar-refractivity contribution in [3.05, 3.63) is 12.1 Å². The number of aromatic nitrogens is 1. The summed E-state index contributed by atoms with van der Waals surface area (Å²) in [6.45, 7) is 2.96. The molecule has 1 rings (SSSR count). The zero-order valence-corrected chi connectivity index (χ0v) is 8.24. The molecule has 1 aromatic heterocycles. The molecule has 0 bridgehead atoms. The van der Waals surface area contributed by atoms with Gasteiger partial charge in [0.15, 0.2) is 0 Å². The Balaban J connectivity index is 2.99. The van der Waals surface area contributed by atoms with Crippen molar-refractivity contribution in [2.75, 3.05) is 31.3 Å². The van der Waals surface area contributed by atoms with Crippen LogP contribution in [0.2, 0.25) is 0 Å². The average Bonchev–Trinajstić information content (AvgIpc) is 2.17. The summed E-state index contributed by atoms with van der Waals surface area (Å²) >= 11 is 0. The van der Waals surface area contributed by atoms with Crippen LogP contribution in [0.4, 0.5) is 11.5 Å². The minimum absolute atomic E-state index is 0.484.